The van der Waals surface area contributed by atoms with Crippen LogP contribution < -0.4 is 4.74 Å². The monoisotopic (exact) mass is 357 g/mol. The van der Waals surface area contributed by atoms with Crippen LogP contribution in [0.25, 0.3) is 11.1 Å². The fourth-order valence-electron chi connectivity index (χ4n) is 2.18. The van der Waals surface area contributed by atoms with Crippen molar-refractivity contribution in [2.45, 2.75) is 17.6 Å². The van der Waals surface area contributed by atoms with Crippen molar-refractivity contribution < 1.29 is 4.74 Å². The zero-order valence-corrected chi connectivity index (χ0v) is 14.9. The number of methoxy groups -OCH3 is 1. The lowest BCUT2D eigenvalue weighted by Gasteiger charge is -2.06. The summed E-state index contributed by atoms with van der Waals surface area (Å²) < 4.78 is 5.07. The summed E-state index contributed by atoms with van der Waals surface area (Å²) in [6.07, 6.45) is 5.40. The van der Waals surface area contributed by atoms with Gasteiger partial charge < -0.3 is 4.74 Å². The second-order valence-electron chi connectivity index (χ2n) is 5.17. The first-order valence-corrected chi connectivity index (χ1v) is 8.72. The molecule has 0 aliphatic carbocycles. The fraction of sp³-hybridized carbons (Fsp3) is 0.167. The molecule has 0 aliphatic heterocycles. The molecule has 0 N–H and O–H groups in total. The molecule has 3 rings (SSSR count). The topological polar surface area (TPSA) is 47.9 Å². The molecule has 0 saturated heterocycles. The minimum absolute atomic E-state index is 0.425. The van der Waals surface area contributed by atoms with Crippen LogP contribution in [0.15, 0.2) is 53.8 Å². The third-order valence-corrected chi connectivity index (χ3v) is 4.71. The summed E-state index contributed by atoms with van der Waals surface area (Å²) in [4.78, 5) is 14.1. The van der Waals surface area contributed by atoms with Gasteiger partial charge in [0.05, 0.1) is 12.8 Å². The zero-order valence-electron chi connectivity index (χ0n) is 13.4. The number of ether oxygens (including phenoxy) is 1. The molecule has 0 aromatic carbocycles. The maximum atomic E-state index is 6.12. The highest BCUT2D eigenvalue weighted by atomic mass is 35.5. The highest BCUT2D eigenvalue weighted by Crippen LogP contribution is 2.28. The predicted molar refractivity (Wildman–Crippen MR) is 97.6 cm³/mol. The second kappa shape index (κ2) is 7.64. The van der Waals surface area contributed by atoms with Crippen LogP contribution in [0.1, 0.15) is 11.4 Å². The number of hydrogen-bond acceptors (Lipinski definition) is 5. The summed E-state index contributed by atoms with van der Waals surface area (Å²) in [5.74, 6) is 1.24. The van der Waals surface area contributed by atoms with E-state index in [1.54, 1.807) is 25.1 Å². The van der Waals surface area contributed by atoms with Crippen molar-refractivity contribution in [3.8, 4) is 17.0 Å². The Morgan fingerprint density at radius 3 is 2.54 bits per heavy atom. The SMILES string of the molecule is COc1ncc(-c2ccc(CSc3ccnc(C)c3)nc2)cc1Cl. The van der Waals surface area contributed by atoms with Gasteiger partial charge in [0.2, 0.25) is 5.88 Å². The molecule has 0 spiro atoms. The number of aryl methyl sites for hydroxylation is 1. The van der Waals surface area contributed by atoms with Gasteiger partial charge in [-0.2, -0.15) is 0 Å². The van der Waals surface area contributed by atoms with Gasteiger partial charge in [0, 0.05) is 46.1 Å². The van der Waals surface area contributed by atoms with Crippen LogP contribution in [0.2, 0.25) is 5.02 Å². The van der Waals surface area contributed by atoms with Gasteiger partial charge in [-0.1, -0.05) is 17.7 Å². The molecule has 0 saturated carbocycles. The first-order chi connectivity index (χ1) is 11.7. The molecular formula is C18H16ClN3OS. The Bertz CT molecular complexity index is 840. The van der Waals surface area contributed by atoms with E-state index in [0.29, 0.717) is 10.9 Å². The molecule has 0 fully saturated rings. The van der Waals surface area contributed by atoms with E-state index in [-0.39, 0.29) is 0 Å². The molecule has 4 nitrogen and oxygen atoms in total. The Morgan fingerprint density at radius 1 is 1.04 bits per heavy atom. The Kier molecular flexibility index (Phi) is 5.33. The minimum atomic E-state index is 0.425. The molecule has 3 aromatic heterocycles. The molecule has 3 aromatic rings. The van der Waals surface area contributed by atoms with Crippen LogP contribution in [0.3, 0.4) is 0 Å². The summed E-state index contributed by atoms with van der Waals surface area (Å²) in [5.41, 5.74) is 3.93. The Balaban J connectivity index is 1.70. The van der Waals surface area contributed by atoms with Crippen molar-refractivity contribution in [3.05, 3.63) is 65.3 Å². The van der Waals surface area contributed by atoms with E-state index in [9.17, 15) is 0 Å². The van der Waals surface area contributed by atoms with E-state index in [1.165, 1.54) is 4.90 Å². The molecule has 6 heteroatoms. The fourth-order valence-corrected chi connectivity index (χ4v) is 3.32. The Hall–Kier alpha value is -2.11. The summed E-state index contributed by atoms with van der Waals surface area (Å²) in [5, 5.41) is 0.489. The quantitative estimate of drug-likeness (QED) is 0.614. The lowest BCUT2D eigenvalue weighted by atomic mass is 10.1. The molecule has 24 heavy (non-hydrogen) atoms. The third kappa shape index (κ3) is 4.04. The molecule has 122 valence electrons. The molecule has 0 atom stereocenters. The summed E-state index contributed by atoms with van der Waals surface area (Å²) >= 11 is 7.87. The maximum absolute atomic E-state index is 6.12. The minimum Gasteiger partial charge on any atom is -0.480 e. The summed E-state index contributed by atoms with van der Waals surface area (Å²) in [6.45, 7) is 1.99. The van der Waals surface area contributed by atoms with Gasteiger partial charge in [-0.05, 0) is 31.2 Å². The van der Waals surface area contributed by atoms with E-state index in [4.69, 9.17) is 16.3 Å². The highest BCUT2D eigenvalue weighted by Gasteiger charge is 2.06. The van der Waals surface area contributed by atoms with Crippen LogP contribution in [0.4, 0.5) is 0 Å². The predicted octanol–water partition coefficient (Wildman–Crippen LogP) is 4.80. The van der Waals surface area contributed by atoms with Crippen molar-refractivity contribution >= 4 is 23.4 Å². The van der Waals surface area contributed by atoms with E-state index in [1.807, 2.05) is 43.6 Å². The van der Waals surface area contributed by atoms with Gasteiger partial charge >= 0.3 is 0 Å². The van der Waals surface area contributed by atoms with Crippen LogP contribution in [0.5, 0.6) is 5.88 Å². The van der Waals surface area contributed by atoms with E-state index in [0.717, 1.165) is 28.3 Å². The van der Waals surface area contributed by atoms with Crippen molar-refractivity contribution in [3.63, 3.8) is 0 Å². The van der Waals surface area contributed by atoms with Crippen LogP contribution >= 0.6 is 23.4 Å². The molecule has 0 unspecified atom stereocenters. The normalized spacial score (nSPS) is 10.6. The number of aromatic nitrogens is 3. The second-order valence-corrected chi connectivity index (χ2v) is 6.63. The highest BCUT2D eigenvalue weighted by molar-refractivity contribution is 7.98. The molecular weight excluding hydrogens is 342 g/mol. The molecule has 0 radical (unpaired) electrons. The van der Waals surface area contributed by atoms with Gasteiger partial charge in [-0.15, -0.1) is 11.8 Å². The zero-order chi connectivity index (χ0) is 16.9. The lowest BCUT2D eigenvalue weighted by molar-refractivity contribution is 0.398. The number of nitrogens with zero attached hydrogens (tertiary/aromatic N) is 3. The average molecular weight is 358 g/mol. The van der Waals surface area contributed by atoms with Gasteiger partial charge in [-0.25, -0.2) is 4.98 Å². The standard InChI is InChI=1S/C18H16ClN3OS/c1-12-7-16(5-6-20-12)24-11-15-4-3-13(9-21-15)14-8-17(19)18(23-2)22-10-14/h3-10H,11H2,1-2H3. The van der Waals surface area contributed by atoms with Crippen molar-refractivity contribution in [1.29, 1.82) is 0 Å². The molecule has 0 aliphatic rings. The maximum Gasteiger partial charge on any atom is 0.232 e. The molecule has 3 heterocycles. The number of rotatable bonds is 5. The Morgan fingerprint density at radius 2 is 1.88 bits per heavy atom. The van der Waals surface area contributed by atoms with E-state index in [2.05, 4.69) is 21.0 Å². The van der Waals surface area contributed by atoms with Gasteiger partial charge in [0.15, 0.2) is 0 Å². The van der Waals surface area contributed by atoms with Gasteiger partial charge in [0.25, 0.3) is 0 Å². The van der Waals surface area contributed by atoms with Crippen LogP contribution in [0, 0.1) is 6.92 Å². The lowest BCUT2D eigenvalue weighted by Crippen LogP contribution is -1.91. The van der Waals surface area contributed by atoms with Crippen LogP contribution in [-0.2, 0) is 5.75 Å². The van der Waals surface area contributed by atoms with Gasteiger partial charge in [0.1, 0.15) is 5.02 Å². The number of hydrogen-bond donors (Lipinski definition) is 0. The van der Waals surface area contributed by atoms with Crippen molar-refractivity contribution in [1.82, 2.24) is 15.0 Å². The van der Waals surface area contributed by atoms with Gasteiger partial charge in [-0.3, -0.25) is 9.97 Å². The molecule has 0 bridgehead atoms. The first kappa shape index (κ1) is 16.7. The number of pyridine rings is 3. The van der Waals surface area contributed by atoms with E-state index >= 15 is 0 Å². The van der Waals surface area contributed by atoms with E-state index < -0.39 is 0 Å². The largest absolute Gasteiger partial charge is 0.480 e. The van der Waals surface area contributed by atoms with Crippen molar-refractivity contribution in [2.24, 2.45) is 0 Å². The van der Waals surface area contributed by atoms with Crippen molar-refractivity contribution in [2.75, 3.05) is 7.11 Å². The summed E-state index contributed by atoms with van der Waals surface area (Å²) in [6, 6.07) is 9.97. The third-order valence-electron chi connectivity index (χ3n) is 3.41. The number of thioether (sulfide) groups is 1. The number of halogens is 1. The Labute approximate surface area is 150 Å². The first-order valence-electron chi connectivity index (χ1n) is 7.36. The van der Waals surface area contributed by atoms with Crippen LogP contribution in [-0.4, -0.2) is 22.1 Å². The summed E-state index contributed by atoms with van der Waals surface area (Å²) in [7, 11) is 1.55. The smallest absolute Gasteiger partial charge is 0.232 e. The molecule has 0 amide bonds. The average Bonchev–Trinajstić information content (AvgIpc) is 2.60.